The van der Waals surface area contributed by atoms with Crippen LogP contribution in [-0.4, -0.2) is 18.4 Å². The Labute approximate surface area is 75.5 Å². The molecule has 2 heteroatoms. The van der Waals surface area contributed by atoms with Gasteiger partial charge in [0.15, 0.2) is 0 Å². The molecule has 2 unspecified atom stereocenters. The lowest BCUT2D eigenvalue weighted by atomic mass is 10.0. The first-order chi connectivity index (χ1) is 5.74. The molecule has 1 aliphatic rings. The van der Waals surface area contributed by atoms with E-state index in [4.69, 9.17) is 0 Å². The second-order valence-electron chi connectivity index (χ2n) is 3.75. The summed E-state index contributed by atoms with van der Waals surface area (Å²) in [6.07, 6.45) is 3.62. The first-order valence-corrected chi connectivity index (χ1v) is 5.04. The third-order valence-corrected chi connectivity index (χ3v) is 2.77. The first kappa shape index (κ1) is 9.56. The van der Waals surface area contributed by atoms with Crippen molar-refractivity contribution in [2.45, 2.75) is 46.1 Å². The van der Waals surface area contributed by atoms with E-state index in [1.54, 1.807) is 0 Å². The Balaban J connectivity index is 2.29. The molecule has 1 rings (SSSR count). The van der Waals surface area contributed by atoms with Gasteiger partial charge in [-0.3, -0.25) is 4.99 Å². The van der Waals surface area contributed by atoms with Crippen LogP contribution in [0.5, 0.6) is 0 Å². The summed E-state index contributed by atoms with van der Waals surface area (Å²) in [5, 5.41) is 3.48. The normalized spacial score (nSPS) is 21.8. The summed E-state index contributed by atoms with van der Waals surface area (Å²) in [4.78, 5) is 4.40. The van der Waals surface area contributed by atoms with Crippen molar-refractivity contribution in [2.24, 2.45) is 10.9 Å². The van der Waals surface area contributed by atoms with Crippen molar-refractivity contribution in [1.82, 2.24) is 5.32 Å². The average molecular weight is 168 g/mol. The second kappa shape index (κ2) is 4.48. The van der Waals surface area contributed by atoms with Crippen LogP contribution in [0.15, 0.2) is 4.99 Å². The first-order valence-electron chi connectivity index (χ1n) is 5.04. The van der Waals surface area contributed by atoms with Crippen molar-refractivity contribution in [3.63, 3.8) is 0 Å². The Kier molecular flexibility index (Phi) is 3.57. The molecule has 0 bridgehead atoms. The number of nitrogens with one attached hydrogen (secondary N) is 1. The Morgan fingerprint density at radius 1 is 1.50 bits per heavy atom. The second-order valence-corrected chi connectivity index (χ2v) is 3.75. The minimum absolute atomic E-state index is 0.576. The maximum Gasteiger partial charge on any atom is 0.0965 e. The topological polar surface area (TPSA) is 24.4 Å². The molecule has 0 aromatic heterocycles. The van der Waals surface area contributed by atoms with Gasteiger partial charge in [-0.1, -0.05) is 20.3 Å². The minimum atomic E-state index is 0.576. The molecule has 0 aromatic carbocycles. The predicted molar refractivity (Wildman–Crippen MR) is 53.6 cm³/mol. The van der Waals surface area contributed by atoms with Crippen molar-refractivity contribution >= 4 is 5.84 Å². The standard InChI is InChI=1S/C10H20N2/c1-4-8(2)9(3)12-10-6-5-7-11-10/h8-9H,4-7H2,1-3H3,(H,11,12). The third-order valence-electron chi connectivity index (χ3n) is 2.77. The summed E-state index contributed by atoms with van der Waals surface area (Å²) < 4.78 is 0. The fourth-order valence-corrected chi connectivity index (χ4v) is 1.42. The number of hydrogen-bond donors (Lipinski definition) is 1. The zero-order valence-corrected chi connectivity index (χ0v) is 8.43. The molecule has 2 atom stereocenters. The van der Waals surface area contributed by atoms with E-state index in [0.29, 0.717) is 6.04 Å². The van der Waals surface area contributed by atoms with E-state index in [2.05, 4.69) is 31.1 Å². The number of rotatable bonds is 3. The van der Waals surface area contributed by atoms with Crippen molar-refractivity contribution in [3.8, 4) is 0 Å². The molecule has 0 aromatic rings. The van der Waals surface area contributed by atoms with Crippen LogP contribution in [-0.2, 0) is 0 Å². The van der Waals surface area contributed by atoms with Crippen LogP contribution >= 0.6 is 0 Å². The van der Waals surface area contributed by atoms with Crippen molar-refractivity contribution in [1.29, 1.82) is 0 Å². The monoisotopic (exact) mass is 168 g/mol. The summed E-state index contributed by atoms with van der Waals surface area (Å²) in [7, 11) is 0. The van der Waals surface area contributed by atoms with Gasteiger partial charge in [0.05, 0.1) is 5.84 Å². The fraction of sp³-hybridized carbons (Fsp3) is 0.900. The van der Waals surface area contributed by atoms with E-state index in [1.807, 2.05) is 0 Å². The number of nitrogens with zero attached hydrogens (tertiary/aromatic N) is 1. The van der Waals surface area contributed by atoms with Crippen molar-refractivity contribution in [2.75, 3.05) is 6.54 Å². The van der Waals surface area contributed by atoms with E-state index in [1.165, 1.54) is 18.7 Å². The van der Waals surface area contributed by atoms with Gasteiger partial charge in [0.25, 0.3) is 0 Å². The maximum absolute atomic E-state index is 4.40. The molecule has 1 N–H and O–H groups in total. The molecule has 0 amide bonds. The molecule has 12 heavy (non-hydrogen) atoms. The summed E-state index contributed by atoms with van der Waals surface area (Å²) in [5.41, 5.74) is 0. The van der Waals surface area contributed by atoms with Crippen molar-refractivity contribution in [3.05, 3.63) is 0 Å². The number of aliphatic imine (C=N–C) groups is 1. The third kappa shape index (κ3) is 2.50. The van der Waals surface area contributed by atoms with Crippen molar-refractivity contribution < 1.29 is 0 Å². The maximum atomic E-state index is 4.40. The lowest BCUT2D eigenvalue weighted by Gasteiger charge is -2.20. The zero-order chi connectivity index (χ0) is 8.97. The van der Waals surface area contributed by atoms with E-state index in [-0.39, 0.29) is 0 Å². The van der Waals surface area contributed by atoms with Crippen LogP contribution in [0.3, 0.4) is 0 Å². The average Bonchev–Trinajstić information content (AvgIpc) is 2.55. The molecule has 0 spiro atoms. The molecular formula is C10H20N2. The lowest BCUT2D eigenvalue weighted by Crippen LogP contribution is -2.35. The van der Waals surface area contributed by atoms with Crippen LogP contribution < -0.4 is 5.32 Å². The minimum Gasteiger partial charge on any atom is -0.371 e. The van der Waals surface area contributed by atoms with Gasteiger partial charge in [-0.05, 0) is 19.3 Å². The van der Waals surface area contributed by atoms with Crippen LogP contribution in [0.25, 0.3) is 0 Å². The summed E-state index contributed by atoms with van der Waals surface area (Å²) in [5.74, 6) is 1.97. The van der Waals surface area contributed by atoms with Gasteiger partial charge in [-0.25, -0.2) is 0 Å². The largest absolute Gasteiger partial charge is 0.371 e. The Hall–Kier alpha value is -0.530. The molecule has 0 saturated heterocycles. The van der Waals surface area contributed by atoms with E-state index < -0.39 is 0 Å². The predicted octanol–water partition coefficient (Wildman–Crippen LogP) is 2.20. The van der Waals surface area contributed by atoms with E-state index in [9.17, 15) is 0 Å². The summed E-state index contributed by atoms with van der Waals surface area (Å²) in [6, 6.07) is 0.576. The Morgan fingerprint density at radius 2 is 2.25 bits per heavy atom. The zero-order valence-electron chi connectivity index (χ0n) is 8.43. The molecule has 0 radical (unpaired) electrons. The van der Waals surface area contributed by atoms with Crippen LogP contribution in [0.1, 0.15) is 40.0 Å². The van der Waals surface area contributed by atoms with Gasteiger partial charge >= 0.3 is 0 Å². The SMILES string of the molecule is CCC(C)C(C)NC1=NCCC1. The molecule has 1 heterocycles. The Morgan fingerprint density at radius 3 is 2.75 bits per heavy atom. The van der Waals surface area contributed by atoms with Gasteiger partial charge in [0.1, 0.15) is 0 Å². The highest BCUT2D eigenvalue weighted by Crippen LogP contribution is 2.09. The molecule has 2 nitrogen and oxygen atoms in total. The van der Waals surface area contributed by atoms with Gasteiger partial charge in [-0.15, -0.1) is 0 Å². The van der Waals surface area contributed by atoms with Crippen LogP contribution in [0.2, 0.25) is 0 Å². The fourth-order valence-electron chi connectivity index (χ4n) is 1.42. The molecule has 70 valence electrons. The molecule has 0 fully saturated rings. The molecule has 0 aliphatic carbocycles. The number of amidine groups is 1. The quantitative estimate of drug-likeness (QED) is 0.686. The van der Waals surface area contributed by atoms with Gasteiger partial charge in [-0.2, -0.15) is 0 Å². The molecule has 1 aliphatic heterocycles. The van der Waals surface area contributed by atoms with E-state index >= 15 is 0 Å². The highest BCUT2D eigenvalue weighted by Gasteiger charge is 2.13. The summed E-state index contributed by atoms with van der Waals surface area (Å²) in [6.45, 7) is 7.79. The number of hydrogen-bond acceptors (Lipinski definition) is 2. The van der Waals surface area contributed by atoms with Gasteiger partial charge < -0.3 is 5.32 Å². The van der Waals surface area contributed by atoms with Crippen LogP contribution in [0.4, 0.5) is 0 Å². The van der Waals surface area contributed by atoms with E-state index in [0.717, 1.165) is 18.9 Å². The lowest BCUT2D eigenvalue weighted by molar-refractivity contribution is 0.436. The summed E-state index contributed by atoms with van der Waals surface area (Å²) >= 11 is 0. The van der Waals surface area contributed by atoms with Crippen LogP contribution in [0, 0.1) is 5.92 Å². The Bertz CT molecular complexity index is 163. The smallest absolute Gasteiger partial charge is 0.0965 e. The molecular weight excluding hydrogens is 148 g/mol. The van der Waals surface area contributed by atoms with Gasteiger partial charge in [0.2, 0.25) is 0 Å². The highest BCUT2D eigenvalue weighted by atomic mass is 15.0. The van der Waals surface area contributed by atoms with Gasteiger partial charge in [0, 0.05) is 19.0 Å². The molecule has 0 saturated carbocycles. The highest BCUT2D eigenvalue weighted by molar-refractivity contribution is 5.83.